The molecule has 0 amide bonds. The molecule has 0 bridgehead atoms. The van der Waals surface area contributed by atoms with Gasteiger partial charge in [0, 0.05) is 17.3 Å². The third-order valence-electron chi connectivity index (χ3n) is 2.07. The number of rotatable bonds is 7. The summed E-state index contributed by atoms with van der Waals surface area (Å²) in [5.41, 5.74) is 0. The van der Waals surface area contributed by atoms with Crippen LogP contribution in [0.4, 0.5) is 0 Å². The molecule has 1 unspecified atom stereocenters. The largest absolute Gasteiger partial charge is 0.229 e. The van der Waals surface area contributed by atoms with E-state index in [-0.39, 0.29) is 0 Å². The number of alkyl halides is 1. The number of thioether (sulfide) groups is 1. The van der Waals surface area contributed by atoms with E-state index in [4.69, 9.17) is 0 Å². The van der Waals surface area contributed by atoms with E-state index in [1.54, 1.807) is 11.8 Å². The minimum absolute atomic E-state index is 0.296. The van der Waals surface area contributed by atoms with Crippen LogP contribution in [0.3, 0.4) is 0 Å². The summed E-state index contributed by atoms with van der Waals surface area (Å²) in [6.45, 7) is 4.39. The summed E-state index contributed by atoms with van der Waals surface area (Å²) in [6, 6.07) is 0. The molecule has 1 atom stereocenters. The fourth-order valence-electron chi connectivity index (χ4n) is 0.860. The molecule has 14 heavy (non-hydrogen) atoms. The van der Waals surface area contributed by atoms with Gasteiger partial charge in [0.15, 0.2) is 0 Å². The van der Waals surface area contributed by atoms with Gasteiger partial charge in [-0.2, -0.15) is 11.8 Å². The molecule has 0 aromatic rings. The Morgan fingerprint density at radius 3 is 2.29 bits per heavy atom. The van der Waals surface area contributed by atoms with Crippen LogP contribution in [0, 0.1) is 11.8 Å². The van der Waals surface area contributed by atoms with Crippen LogP contribution >= 0.6 is 27.7 Å². The molecular formula is C9H19BrO2S2. The number of sulfone groups is 1. The maximum Gasteiger partial charge on any atom is 0.148 e. The Labute approximate surface area is 100 Å². The second-order valence-corrected chi connectivity index (χ2v) is 7.92. The topological polar surface area (TPSA) is 34.1 Å². The van der Waals surface area contributed by atoms with Gasteiger partial charge in [-0.05, 0) is 17.6 Å². The second-order valence-electron chi connectivity index (χ2n) is 3.86. The van der Waals surface area contributed by atoms with Crippen molar-refractivity contribution in [1.29, 1.82) is 0 Å². The van der Waals surface area contributed by atoms with Gasteiger partial charge in [-0.15, -0.1) is 0 Å². The number of hydrogen-bond donors (Lipinski definition) is 0. The lowest BCUT2D eigenvalue weighted by molar-refractivity contribution is 0.475. The monoisotopic (exact) mass is 302 g/mol. The summed E-state index contributed by atoms with van der Waals surface area (Å²) in [5.74, 6) is 3.35. The summed E-state index contributed by atoms with van der Waals surface area (Å²) in [4.78, 5) is 0. The number of hydrogen-bond acceptors (Lipinski definition) is 3. The summed E-state index contributed by atoms with van der Waals surface area (Å²) >= 11 is 5.21. The van der Waals surface area contributed by atoms with Crippen LogP contribution in [0.5, 0.6) is 0 Å². The highest BCUT2D eigenvalue weighted by Crippen LogP contribution is 2.19. The van der Waals surface area contributed by atoms with Crippen molar-refractivity contribution in [2.24, 2.45) is 11.8 Å². The van der Waals surface area contributed by atoms with Crippen LogP contribution in [-0.4, -0.2) is 37.3 Å². The molecule has 0 spiro atoms. The van der Waals surface area contributed by atoms with Crippen LogP contribution in [0.2, 0.25) is 0 Å². The molecule has 0 heterocycles. The maximum atomic E-state index is 10.9. The lowest BCUT2D eigenvalue weighted by Crippen LogP contribution is -2.14. The smallest absolute Gasteiger partial charge is 0.148 e. The zero-order chi connectivity index (χ0) is 11.2. The Hall–Kier alpha value is 0.780. The molecule has 2 nitrogen and oxygen atoms in total. The van der Waals surface area contributed by atoms with Crippen LogP contribution in [-0.2, 0) is 9.84 Å². The highest BCUT2D eigenvalue weighted by Gasteiger charge is 2.12. The minimum atomic E-state index is -2.78. The van der Waals surface area contributed by atoms with Gasteiger partial charge in [-0.3, -0.25) is 0 Å². The summed E-state index contributed by atoms with van der Waals surface area (Å²) in [6.07, 6.45) is 1.29. The zero-order valence-electron chi connectivity index (χ0n) is 8.99. The van der Waals surface area contributed by atoms with Crippen molar-refractivity contribution in [3.05, 3.63) is 0 Å². The molecule has 0 saturated carbocycles. The van der Waals surface area contributed by atoms with E-state index in [9.17, 15) is 8.42 Å². The molecule has 0 N–H and O–H groups in total. The van der Waals surface area contributed by atoms with Crippen LogP contribution in [0.25, 0.3) is 0 Å². The molecule has 0 aliphatic carbocycles. The molecule has 0 aliphatic rings. The van der Waals surface area contributed by atoms with Gasteiger partial charge in [-0.1, -0.05) is 29.8 Å². The van der Waals surface area contributed by atoms with E-state index in [0.717, 1.165) is 16.8 Å². The van der Waals surface area contributed by atoms with Crippen LogP contribution in [0.1, 0.15) is 13.8 Å². The highest BCUT2D eigenvalue weighted by molar-refractivity contribution is 9.09. The molecule has 5 heteroatoms. The summed E-state index contributed by atoms with van der Waals surface area (Å²) in [7, 11) is -2.78. The Morgan fingerprint density at radius 1 is 1.36 bits per heavy atom. The fourth-order valence-corrected chi connectivity index (χ4v) is 4.79. The lowest BCUT2D eigenvalue weighted by atomic mass is 10.0. The van der Waals surface area contributed by atoms with Crippen molar-refractivity contribution in [3.8, 4) is 0 Å². The van der Waals surface area contributed by atoms with Crippen molar-refractivity contribution in [1.82, 2.24) is 0 Å². The molecule has 0 radical (unpaired) electrons. The Balaban J connectivity index is 3.63. The van der Waals surface area contributed by atoms with Crippen molar-refractivity contribution >= 4 is 37.5 Å². The van der Waals surface area contributed by atoms with Gasteiger partial charge in [0.2, 0.25) is 0 Å². The van der Waals surface area contributed by atoms with Gasteiger partial charge < -0.3 is 0 Å². The van der Waals surface area contributed by atoms with E-state index < -0.39 is 9.84 Å². The fraction of sp³-hybridized carbons (Fsp3) is 1.00. The normalized spacial score (nSPS) is 14.6. The minimum Gasteiger partial charge on any atom is -0.229 e. The lowest BCUT2D eigenvalue weighted by Gasteiger charge is -2.17. The molecule has 0 fully saturated rings. The molecule has 0 saturated heterocycles. The van der Waals surface area contributed by atoms with Gasteiger partial charge in [-0.25, -0.2) is 8.42 Å². The van der Waals surface area contributed by atoms with E-state index in [1.165, 1.54) is 6.26 Å². The molecule has 0 aromatic carbocycles. The van der Waals surface area contributed by atoms with E-state index in [2.05, 4.69) is 29.8 Å². The average Bonchev–Trinajstić information content (AvgIpc) is 2.01. The predicted octanol–water partition coefficient (Wildman–Crippen LogP) is 2.43. The van der Waals surface area contributed by atoms with Crippen LogP contribution < -0.4 is 0 Å². The zero-order valence-corrected chi connectivity index (χ0v) is 12.2. The first kappa shape index (κ1) is 14.8. The van der Waals surface area contributed by atoms with E-state index in [0.29, 0.717) is 17.6 Å². The van der Waals surface area contributed by atoms with E-state index >= 15 is 0 Å². The van der Waals surface area contributed by atoms with Crippen molar-refractivity contribution in [2.45, 2.75) is 13.8 Å². The third-order valence-corrected chi connectivity index (χ3v) is 5.26. The summed E-state index contributed by atoms with van der Waals surface area (Å²) in [5, 5.41) is 0.997. The number of halogens is 1. The van der Waals surface area contributed by atoms with E-state index in [1.807, 2.05) is 0 Å². The van der Waals surface area contributed by atoms with Crippen molar-refractivity contribution in [2.75, 3.05) is 28.8 Å². The predicted molar refractivity (Wildman–Crippen MR) is 69.2 cm³/mol. The van der Waals surface area contributed by atoms with Crippen molar-refractivity contribution in [3.63, 3.8) is 0 Å². The van der Waals surface area contributed by atoms with Crippen molar-refractivity contribution < 1.29 is 8.42 Å². The van der Waals surface area contributed by atoms with Gasteiger partial charge in [0.1, 0.15) is 9.84 Å². The Bertz CT molecular complexity index is 237. The standard InChI is InChI=1S/C9H19BrO2S2/c1-8(2)9(6-10)7-13-4-5-14(3,11)12/h8-9H,4-7H2,1-3H3. The average molecular weight is 303 g/mol. The van der Waals surface area contributed by atoms with Crippen LogP contribution in [0.15, 0.2) is 0 Å². The second kappa shape index (κ2) is 7.12. The van der Waals surface area contributed by atoms with Gasteiger partial charge in [0.25, 0.3) is 0 Å². The molecule has 86 valence electrons. The molecular weight excluding hydrogens is 284 g/mol. The molecule has 0 rings (SSSR count). The first-order chi connectivity index (χ1) is 6.37. The first-order valence-electron chi connectivity index (χ1n) is 4.68. The SMILES string of the molecule is CC(C)C(CBr)CSCCS(C)(=O)=O. The quantitative estimate of drug-likeness (QED) is 0.535. The Kier molecular flexibility index (Phi) is 7.52. The first-order valence-corrected chi connectivity index (χ1v) is 9.02. The third kappa shape index (κ3) is 8.12. The van der Waals surface area contributed by atoms with Gasteiger partial charge in [0.05, 0.1) is 5.75 Å². The maximum absolute atomic E-state index is 10.9. The molecule has 0 aromatic heterocycles. The van der Waals surface area contributed by atoms with Gasteiger partial charge >= 0.3 is 0 Å². The molecule has 0 aliphatic heterocycles. The summed E-state index contributed by atoms with van der Waals surface area (Å²) < 4.78 is 21.7. The Morgan fingerprint density at radius 2 is 1.93 bits per heavy atom. The highest BCUT2D eigenvalue weighted by atomic mass is 79.9.